The third-order valence-electron chi connectivity index (χ3n) is 4.43. The number of allylic oxidation sites excluding steroid dienone is 3. The summed E-state index contributed by atoms with van der Waals surface area (Å²) in [5.41, 5.74) is 3.87. The second-order valence-corrected chi connectivity index (χ2v) is 7.26. The van der Waals surface area contributed by atoms with E-state index in [-0.39, 0.29) is 11.9 Å². The van der Waals surface area contributed by atoms with E-state index in [1.54, 1.807) is 0 Å². The van der Waals surface area contributed by atoms with E-state index in [1.807, 2.05) is 80.0 Å². The summed E-state index contributed by atoms with van der Waals surface area (Å²) in [7, 11) is 0. The molecule has 4 nitrogen and oxygen atoms in total. The van der Waals surface area contributed by atoms with Gasteiger partial charge in [-0.3, -0.25) is 9.79 Å². The fourth-order valence-corrected chi connectivity index (χ4v) is 3.56. The Bertz CT molecular complexity index is 889. The highest BCUT2D eigenvalue weighted by Crippen LogP contribution is 2.37. The lowest BCUT2D eigenvalue weighted by Crippen LogP contribution is -2.23. The van der Waals surface area contributed by atoms with Gasteiger partial charge in [0.15, 0.2) is 0 Å². The number of hydrogen-bond donors (Lipinski definition) is 1. The summed E-state index contributed by atoms with van der Waals surface area (Å²) >= 11 is 3.71. The van der Waals surface area contributed by atoms with Crippen LogP contribution >= 0.6 is 15.9 Å². The van der Waals surface area contributed by atoms with Crippen LogP contribution in [0, 0.1) is 5.92 Å². The first-order valence-electron chi connectivity index (χ1n) is 9.32. The van der Waals surface area contributed by atoms with Crippen LogP contribution in [0.15, 0.2) is 87.5 Å². The molecule has 1 N–H and O–H groups in total. The summed E-state index contributed by atoms with van der Waals surface area (Å²) in [6.07, 6.45) is 4.99. The zero-order valence-electron chi connectivity index (χ0n) is 15.8. The Morgan fingerprint density at radius 2 is 1.82 bits per heavy atom. The molecule has 144 valence electrons. The van der Waals surface area contributed by atoms with Gasteiger partial charge in [0.25, 0.3) is 0 Å². The maximum Gasteiger partial charge on any atom is 0.309 e. The third-order valence-corrected chi connectivity index (χ3v) is 5.45. The third kappa shape index (κ3) is 5.42. The van der Waals surface area contributed by atoms with Crippen LogP contribution in [0.5, 0.6) is 0 Å². The van der Waals surface area contributed by atoms with Crippen LogP contribution in [-0.2, 0) is 9.53 Å². The number of benzene rings is 2. The van der Waals surface area contributed by atoms with Gasteiger partial charge in [0.2, 0.25) is 0 Å². The Morgan fingerprint density at radius 1 is 1.14 bits per heavy atom. The lowest BCUT2D eigenvalue weighted by Gasteiger charge is -2.24. The SMILES string of the molecule is CCOC(=O)C1CC(C=Nc2ccccc2)=C(Br)/C(=C/Nc2ccccc2)C1. The first-order valence-corrected chi connectivity index (χ1v) is 10.1. The molecule has 1 aliphatic carbocycles. The summed E-state index contributed by atoms with van der Waals surface area (Å²) in [6.45, 7) is 2.22. The standard InChI is InChI=1S/C23H23BrN2O2/c1-2-28-23(27)17-13-18(15-25-20-9-5-3-6-10-20)22(24)19(14-17)16-26-21-11-7-4-8-12-21/h3-12,15-17,25H,2,13-14H2,1H3/b18-15+,26-16?. The Morgan fingerprint density at radius 3 is 2.50 bits per heavy atom. The van der Waals surface area contributed by atoms with Gasteiger partial charge < -0.3 is 10.1 Å². The molecule has 1 unspecified atom stereocenters. The maximum atomic E-state index is 12.4. The topological polar surface area (TPSA) is 50.7 Å². The van der Waals surface area contributed by atoms with E-state index in [4.69, 9.17) is 4.74 Å². The normalized spacial score (nSPS) is 18.5. The molecule has 5 heteroatoms. The van der Waals surface area contributed by atoms with Crippen LogP contribution in [-0.4, -0.2) is 18.8 Å². The van der Waals surface area contributed by atoms with Gasteiger partial charge in [0, 0.05) is 22.6 Å². The van der Waals surface area contributed by atoms with Crippen LogP contribution in [0.2, 0.25) is 0 Å². The number of esters is 1. The van der Waals surface area contributed by atoms with E-state index in [1.165, 1.54) is 0 Å². The quantitative estimate of drug-likeness (QED) is 0.443. The molecule has 28 heavy (non-hydrogen) atoms. The summed E-state index contributed by atoms with van der Waals surface area (Å²) in [6, 6.07) is 19.7. The number of nitrogens with zero attached hydrogens (tertiary/aromatic N) is 1. The molecule has 0 aromatic heterocycles. The zero-order valence-corrected chi connectivity index (χ0v) is 17.4. The molecule has 3 rings (SSSR count). The number of nitrogens with one attached hydrogen (secondary N) is 1. The van der Waals surface area contributed by atoms with Crippen molar-refractivity contribution in [2.45, 2.75) is 19.8 Å². The lowest BCUT2D eigenvalue weighted by atomic mass is 9.86. The number of halogens is 1. The van der Waals surface area contributed by atoms with Gasteiger partial charge in [-0.05, 0) is 55.2 Å². The Labute approximate surface area is 174 Å². The van der Waals surface area contributed by atoms with Crippen molar-refractivity contribution >= 4 is 39.5 Å². The van der Waals surface area contributed by atoms with Crippen LogP contribution in [0.3, 0.4) is 0 Å². The predicted molar refractivity (Wildman–Crippen MR) is 118 cm³/mol. The number of aliphatic imine (C=N–C) groups is 1. The van der Waals surface area contributed by atoms with Crippen LogP contribution in [0.25, 0.3) is 0 Å². The van der Waals surface area contributed by atoms with E-state index < -0.39 is 0 Å². The van der Waals surface area contributed by atoms with Gasteiger partial charge in [-0.2, -0.15) is 0 Å². The molecule has 0 radical (unpaired) electrons. The van der Waals surface area contributed by atoms with Gasteiger partial charge in [-0.15, -0.1) is 0 Å². The molecule has 0 heterocycles. The van der Waals surface area contributed by atoms with Crippen LogP contribution < -0.4 is 5.32 Å². The number of anilines is 1. The van der Waals surface area contributed by atoms with Crippen LogP contribution in [0.1, 0.15) is 19.8 Å². The van der Waals surface area contributed by atoms with Crippen LogP contribution in [0.4, 0.5) is 11.4 Å². The first-order chi connectivity index (χ1) is 13.7. The Balaban J connectivity index is 1.87. The van der Waals surface area contributed by atoms with Crippen molar-refractivity contribution in [2.24, 2.45) is 10.9 Å². The molecule has 2 aromatic rings. The van der Waals surface area contributed by atoms with E-state index in [0.717, 1.165) is 27.0 Å². The number of carbonyl (C=O) groups excluding carboxylic acids is 1. The van der Waals surface area contributed by atoms with E-state index in [2.05, 4.69) is 26.2 Å². The van der Waals surface area contributed by atoms with Gasteiger partial charge in [0.05, 0.1) is 18.2 Å². The minimum Gasteiger partial charge on any atom is -0.466 e. The van der Waals surface area contributed by atoms with Crippen molar-refractivity contribution in [3.63, 3.8) is 0 Å². The highest BCUT2D eigenvalue weighted by Gasteiger charge is 2.29. The summed E-state index contributed by atoms with van der Waals surface area (Å²) < 4.78 is 6.24. The molecular formula is C23H23BrN2O2. The molecule has 0 aliphatic heterocycles. The zero-order chi connectivity index (χ0) is 19.8. The molecule has 0 amide bonds. The molecule has 0 bridgehead atoms. The Hall–Kier alpha value is -2.66. The number of rotatable bonds is 6. The van der Waals surface area contributed by atoms with E-state index in [0.29, 0.717) is 19.4 Å². The van der Waals surface area contributed by atoms with Crippen molar-refractivity contribution in [3.8, 4) is 0 Å². The van der Waals surface area contributed by atoms with Gasteiger partial charge in [-0.25, -0.2) is 0 Å². The number of ether oxygens (including phenoxy) is 1. The van der Waals surface area contributed by atoms with E-state index in [9.17, 15) is 4.79 Å². The number of hydrogen-bond acceptors (Lipinski definition) is 4. The Kier molecular flexibility index (Phi) is 7.20. The van der Waals surface area contributed by atoms with Gasteiger partial charge >= 0.3 is 5.97 Å². The minimum absolute atomic E-state index is 0.168. The summed E-state index contributed by atoms with van der Waals surface area (Å²) in [5.74, 6) is -0.388. The maximum absolute atomic E-state index is 12.4. The second kappa shape index (κ2) is 10.0. The molecule has 1 aliphatic rings. The van der Waals surface area contributed by atoms with Crippen molar-refractivity contribution in [2.75, 3.05) is 11.9 Å². The molecule has 1 atom stereocenters. The highest BCUT2D eigenvalue weighted by atomic mass is 79.9. The second-order valence-electron chi connectivity index (χ2n) is 6.47. The average molecular weight is 439 g/mol. The monoisotopic (exact) mass is 438 g/mol. The van der Waals surface area contributed by atoms with Gasteiger partial charge in [-0.1, -0.05) is 52.3 Å². The fraction of sp³-hybridized carbons (Fsp3) is 0.217. The lowest BCUT2D eigenvalue weighted by molar-refractivity contribution is -0.147. The van der Waals surface area contributed by atoms with Crippen molar-refractivity contribution in [1.82, 2.24) is 0 Å². The molecule has 0 saturated carbocycles. The number of carbonyl (C=O) groups is 1. The van der Waals surface area contributed by atoms with E-state index >= 15 is 0 Å². The molecule has 0 saturated heterocycles. The minimum atomic E-state index is -0.220. The largest absolute Gasteiger partial charge is 0.466 e. The first kappa shape index (κ1) is 20.1. The van der Waals surface area contributed by atoms with Crippen molar-refractivity contribution < 1.29 is 9.53 Å². The molecular weight excluding hydrogens is 416 g/mol. The predicted octanol–water partition coefficient (Wildman–Crippen LogP) is 6.01. The molecule has 2 aromatic carbocycles. The summed E-state index contributed by atoms with van der Waals surface area (Å²) in [4.78, 5) is 17.0. The molecule has 0 spiro atoms. The highest BCUT2D eigenvalue weighted by molar-refractivity contribution is 9.12. The molecule has 0 fully saturated rings. The smallest absolute Gasteiger partial charge is 0.309 e. The van der Waals surface area contributed by atoms with Gasteiger partial charge in [0.1, 0.15) is 0 Å². The summed E-state index contributed by atoms with van der Waals surface area (Å²) in [5, 5.41) is 3.31. The number of para-hydroxylation sites is 2. The fourth-order valence-electron chi connectivity index (χ4n) is 3.02. The van der Waals surface area contributed by atoms with Crippen molar-refractivity contribution in [3.05, 3.63) is 82.5 Å². The van der Waals surface area contributed by atoms with Crippen molar-refractivity contribution in [1.29, 1.82) is 0 Å². The average Bonchev–Trinajstić information content (AvgIpc) is 2.73.